The number of hydrogen-bond acceptors (Lipinski definition) is 2. The van der Waals surface area contributed by atoms with Gasteiger partial charge in [0.15, 0.2) is 5.78 Å². The maximum Gasteiger partial charge on any atom is 0.166 e. The van der Waals surface area contributed by atoms with Gasteiger partial charge >= 0.3 is 0 Å². The van der Waals surface area contributed by atoms with Crippen molar-refractivity contribution in [2.45, 2.75) is 33.2 Å². The van der Waals surface area contributed by atoms with Crippen molar-refractivity contribution in [3.8, 4) is 0 Å². The summed E-state index contributed by atoms with van der Waals surface area (Å²) in [5.41, 5.74) is 4.30. The SMILES string of the molecule is CCn1nc(C)cc1CC1Cc2ccccc2C1=O. The molecule has 1 heterocycles. The van der Waals surface area contributed by atoms with Crippen LogP contribution in [0.2, 0.25) is 0 Å². The molecule has 0 bridgehead atoms. The summed E-state index contributed by atoms with van der Waals surface area (Å²) in [6.07, 6.45) is 1.66. The summed E-state index contributed by atoms with van der Waals surface area (Å²) in [6.45, 7) is 4.94. The second kappa shape index (κ2) is 4.65. The van der Waals surface area contributed by atoms with Crippen LogP contribution in [-0.4, -0.2) is 15.6 Å². The summed E-state index contributed by atoms with van der Waals surface area (Å²) >= 11 is 0. The maximum atomic E-state index is 12.4. The number of hydrogen-bond donors (Lipinski definition) is 0. The minimum absolute atomic E-state index is 0.0822. The molecule has 1 aliphatic carbocycles. The molecular formula is C16H18N2O. The van der Waals surface area contributed by atoms with Crippen molar-refractivity contribution < 1.29 is 4.79 Å². The van der Waals surface area contributed by atoms with E-state index in [2.05, 4.69) is 24.2 Å². The summed E-state index contributed by atoms with van der Waals surface area (Å²) in [5, 5.41) is 4.45. The van der Waals surface area contributed by atoms with E-state index in [0.717, 1.165) is 30.6 Å². The van der Waals surface area contributed by atoms with Crippen LogP contribution in [0, 0.1) is 12.8 Å². The van der Waals surface area contributed by atoms with E-state index in [4.69, 9.17) is 0 Å². The van der Waals surface area contributed by atoms with Gasteiger partial charge in [0, 0.05) is 23.7 Å². The molecule has 1 aliphatic rings. The summed E-state index contributed by atoms with van der Waals surface area (Å²) in [6, 6.07) is 10.1. The molecule has 0 fully saturated rings. The van der Waals surface area contributed by atoms with Gasteiger partial charge in [-0.3, -0.25) is 9.48 Å². The smallest absolute Gasteiger partial charge is 0.166 e. The van der Waals surface area contributed by atoms with Crippen LogP contribution in [0.1, 0.15) is 34.2 Å². The monoisotopic (exact) mass is 254 g/mol. The zero-order chi connectivity index (χ0) is 13.4. The summed E-state index contributed by atoms with van der Waals surface area (Å²) in [5.74, 6) is 0.371. The number of ketones is 1. The van der Waals surface area contributed by atoms with Gasteiger partial charge in [0.25, 0.3) is 0 Å². The van der Waals surface area contributed by atoms with Crippen LogP contribution in [0.4, 0.5) is 0 Å². The number of benzene rings is 1. The van der Waals surface area contributed by atoms with Gasteiger partial charge in [0.2, 0.25) is 0 Å². The molecule has 1 unspecified atom stereocenters. The van der Waals surface area contributed by atoms with Crippen molar-refractivity contribution in [2.24, 2.45) is 5.92 Å². The average Bonchev–Trinajstić information content (AvgIpc) is 2.92. The lowest BCUT2D eigenvalue weighted by Gasteiger charge is -2.09. The van der Waals surface area contributed by atoms with Gasteiger partial charge < -0.3 is 0 Å². The second-order valence-corrected chi connectivity index (χ2v) is 5.22. The third kappa shape index (κ3) is 2.09. The molecule has 0 saturated heterocycles. The first-order valence-corrected chi connectivity index (χ1v) is 6.84. The lowest BCUT2D eigenvalue weighted by molar-refractivity contribution is 0.0935. The molecule has 0 spiro atoms. The molecule has 1 aromatic heterocycles. The van der Waals surface area contributed by atoms with Crippen molar-refractivity contribution in [1.82, 2.24) is 9.78 Å². The Morgan fingerprint density at radius 1 is 1.37 bits per heavy atom. The zero-order valence-corrected chi connectivity index (χ0v) is 11.4. The Morgan fingerprint density at radius 3 is 2.89 bits per heavy atom. The molecule has 0 saturated carbocycles. The predicted molar refractivity (Wildman–Crippen MR) is 74.3 cm³/mol. The van der Waals surface area contributed by atoms with Crippen LogP contribution in [0.15, 0.2) is 30.3 Å². The van der Waals surface area contributed by atoms with Crippen LogP contribution in [0.25, 0.3) is 0 Å². The molecule has 98 valence electrons. The Kier molecular flexibility index (Phi) is 2.97. The quantitative estimate of drug-likeness (QED) is 0.844. The van der Waals surface area contributed by atoms with Crippen molar-refractivity contribution >= 4 is 5.78 Å². The predicted octanol–water partition coefficient (Wildman–Crippen LogP) is 2.81. The van der Waals surface area contributed by atoms with E-state index in [9.17, 15) is 4.79 Å². The molecule has 0 aliphatic heterocycles. The highest BCUT2D eigenvalue weighted by molar-refractivity contribution is 6.02. The Hall–Kier alpha value is -1.90. The molecule has 19 heavy (non-hydrogen) atoms. The Bertz CT molecular complexity index is 627. The van der Waals surface area contributed by atoms with Gasteiger partial charge in [-0.1, -0.05) is 24.3 Å². The van der Waals surface area contributed by atoms with Gasteiger partial charge in [0.05, 0.1) is 5.69 Å². The molecule has 3 nitrogen and oxygen atoms in total. The van der Waals surface area contributed by atoms with Gasteiger partial charge in [-0.15, -0.1) is 0 Å². The second-order valence-electron chi connectivity index (χ2n) is 5.22. The van der Waals surface area contributed by atoms with Crippen LogP contribution >= 0.6 is 0 Å². The lowest BCUT2D eigenvalue weighted by atomic mass is 9.99. The van der Waals surface area contributed by atoms with Crippen molar-refractivity contribution in [3.63, 3.8) is 0 Å². The molecule has 2 aromatic rings. The molecule has 1 atom stereocenters. The van der Waals surface area contributed by atoms with Gasteiger partial charge in [-0.25, -0.2) is 0 Å². The number of aryl methyl sites for hydroxylation is 2. The zero-order valence-electron chi connectivity index (χ0n) is 11.4. The van der Waals surface area contributed by atoms with Crippen LogP contribution in [-0.2, 0) is 19.4 Å². The highest BCUT2D eigenvalue weighted by Gasteiger charge is 2.30. The summed E-state index contributed by atoms with van der Waals surface area (Å²) in [4.78, 5) is 12.4. The van der Waals surface area contributed by atoms with Crippen molar-refractivity contribution in [2.75, 3.05) is 0 Å². The molecule has 0 amide bonds. The van der Waals surface area contributed by atoms with Gasteiger partial charge in [0.1, 0.15) is 0 Å². The van der Waals surface area contributed by atoms with E-state index in [1.54, 1.807) is 0 Å². The first kappa shape index (κ1) is 12.2. The minimum Gasteiger partial charge on any atom is -0.294 e. The molecule has 3 rings (SSSR count). The number of Topliss-reactive ketones (excluding diaryl/α,β-unsaturated/α-hetero) is 1. The minimum atomic E-state index is 0.0822. The fraction of sp³-hybridized carbons (Fsp3) is 0.375. The Labute approximate surface area is 113 Å². The molecule has 3 heteroatoms. The van der Waals surface area contributed by atoms with Crippen molar-refractivity contribution in [3.05, 3.63) is 52.8 Å². The van der Waals surface area contributed by atoms with E-state index in [0.29, 0.717) is 0 Å². The topological polar surface area (TPSA) is 34.9 Å². The number of fused-ring (bicyclic) bond motifs is 1. The van der Waals surface area contributed by atoms with Crippen LogP contribution in [0.5, 0.6) is 0 Å². The Balaban J connectivity index is 1.84. The first-order valence-electron chi connectivity index (χ1n) is 6.84. The molecule has 0 N–H and O–H groups in total. The highest BCUT2D eigenvalue weighted by atomic mass is 16.1. The number of nitrogens with zero attached hydrogens (tertiary/aromatic N) is 2. The number of rotatable bonds is 3. The molecule has 0 radical (unpaired) electrons. The normalized spacial score (nSPS) is 17.8. The standard InChI is InChI=1S/C16H18N2O/c1-3-18-14(8-11(2)17-18)10-13-9-12-6-4-5-7-15(12)16(13)19/h4-8,13H,3,9-10H2,1-2H3. The maximum absolute atomic E-state index is 12.4. The lowest BCUT2D eigenvalue weighted by Crippen LogP contribution is -2.15. The van der Waals surface area contributed by atoms with E-state index in [-0.39, 0.29) is 11.7 Å². The fourth-order valence-electron chi connectivity index (χ4n) is 2.97. The van der Waals surface area contributed by atoms with Crippen LogP contribution < -0.4 is 0 Å². The largest absolute Gasteiger partial charge is 0.294 e. The van der Waals surface area contributed by atoms with Gasteiger partial charge in [-0.2, -0.15) is 5.10 Å². The number of aromatic nitrogens is 2. The molecular weight excluding hydrogens is 236 g/mol. The van der Waals surface area contributed by atoms with Crippen molar-refractivity contribution in [1.29, 1.82) is 0 Å². The number of carbonyl (C=O) groups excluding carboxylic acids is 1. The average molecular weight is 254 g/mol. The first-order chi connectivity index (χ1) is 9.19. The van der Waals surface area contributed by atoms with E-state index in [1.165, 1.54) is 11.3 Å². The van der Waals surface area contributed by atoms with Gasteiger partial charge in [-0.05, 0) is 38.3 Å². The van der Waals surface area contributed by atoms with E-state index < -0.39 is 0 Å². The Morgan fingerprint density at radius 2 is 2.16 bits per heavy atom. The summed E-state index contributed by atoms with van der Waals surface area (Å²) < 4.78 is 2.01. The number of carbonyl (C=O) groups is 1. The van der Waals surface area contributed by atoms with E-state index >= 15 is 0 Å². The van der Waals surface area contributed by atoms with Crippen LogP contribution in [0.3, 0.4) is 0 Å². The third-order valence-corrected chi connectivity index (χ3v) is 3.86. The summed E-state index contributed by atoms with van der Waals surface area (Å²) in [7, 11) is 0. The third-order valence-electron chi connectivity index (χ3n) is 3.86. The molecule has 1 aromatic carbocycles. The fourth-order valence-corrected chi connectivity index (χ4v) is 2.97. The highest BCUT2D eigenvalue weighted by Crippen LogP contribution is 2.29. The van der Waals surface area contributed by atoms with E-state index in [1.807, 2.05) is 29.8 Å².